The third-order valence-corrected chi connectivity index (χ3v) is 5.17. The molecular weight excluding hydrogens is 315 g/mol. The first-order chi connectivity index (χ1) is 11.0. The zero-order valence-electron chi connectivity index (χ0n) is 13.5. The van der Waals surface area contributed by atoms with Gasteiger partial charge in [0, 0.05) is 18.8 Å². The molecule has 1 fully saturated rings. The third kappa shape index (κ3) is 5.53. The molecule has 4 nitrogen and oxygen atoms in total. The van der Waals surface area contributed by atoms with Crippen LogP contribution < -0.4 is 5.32 Å². The average molecular weight is 338 g/mol. The van der Waals surface area contributed by atoms with Gasteiger partial charge in [0.1, 0.15) is 5.82 Å². The van der Waals surface area contributed by atoms with Gasteiger partial charge in [0.15, 0.2) is 0 Å². The smallest absolute Gasteiger partial charge is 0.235 e. The number of nitrogens with one attached hydrogen (secondary N) is 1. The second-order valence-electron chi connectivity index (χ2n) is 6.02. The summed E-state index contributed by atoms with van der Waals surface area (Å²) in [6.07, 6.45) is 2.10. The van der Waals surface area contributed by atoms with Crippen molar-refractivity contribution >= 4 is 29.3 Å². The normalized spacial score (nSPS) is 16.9. The predicted octanol–water partition coefficient (Wildman–Crippen LogP) is 3.14. The molecule has 0 aromatic heterocycles. The molecule has 1 heterocycles. The average Bonchev–Trinajstić information content (AvgIpc) is 2.55. The van der Waals surface area contributed by atoms with E-state index >= 15 is 0 Å². The van der Waals surface area contributed by atoms with E-state index in [1.807, 2.05) is 11.8 Å². The minimum Gasteiger partial charge on any atom is -0.342 e. The highest BCUT2D eigenvalue weighted by Crippen LogP contribution is 2.20. The SMILES string of the molecule is CC1CCN(C(=O)C(C)SCC(=O)Nc2ccc(F)cc2)CC1. The van der Waals surface area contributed by atoms with Gasteiger partial charge in [-0.25, -0.2) is 4.39 Å². The zero-order chi connectivity index (χ0) is 16.8. The summed E-state index contributed by atoms with van der Waals surface area (Å²) in [5.74, 6) is 0.468. The lowest BCUT2D eigenvalue weighted by molar-refractivity contribution is -0.131. The Morgan fingerprint density at radius 3 is 2.52 bits per heavy atom. The van der Waals surface area contributed by atoms with Crippen LogP contribution in [0.25, 0.3) is 0 Å². The van der Waals surface area contributed by atoms with E-state index in [9.17, 15) is 14.0 Å². The standard InChI is InChI=1S/C17H23FN2O2S/c1-12-7-9-20(10-8-12)17(22)13(2)23-11-16(21)19-15-5-3-14(18)4-6-15/h3-6,12-13H,7-11H2,1-2H3,(H,19,21). The summed E-state index contributed by atoms with van der Waals surface area (Å²) in [6, 6.07) is 5.63. The number of anilines is 1. The lowest BCUT2D eigenvalue weighted by Gasteiger charge is -2.32. The van der Waals surface area contributed by atoms with E-state index in [0.717, 1.165) is 25.9 Å². The van der Waals surface area contributed by atoms with E-state index in [2.05, 4.69) is 12.2 Å². The van der Waals surface area contributed by atoms with Crippen LogP contribution in [0.4, 0.5) is 10.1 Å². The van der Waals surface area contributed by atoms with Gasteiger partial charge in [-0.2, -0.15) is 0 Å². The largest absolute Gasteiger partial charge is 0.342 e. The van der Waals surface area contributed by atoms with Crippen molar-refractivity contribution in [3.63, 3.8) is 0 Å². The molecule has 1 unspecified atom stereocenters. The Morgan fingerprint density at radius 2 is 1.91 bits per heavy atom. The Labute approximate surface area is 140 Å². The van der Waals surface area contributed by atoms with Gasteiger partial charge in [-0.15, -0.1) is 11.8 Å². The van der Waals surface area contributed by atoms with E-state index in [-0.39, 0.29) is 28.6 Å². The molecule has 1 aromatic carbocycles. The quantitative estimate of drug-likeness (QED) is 0.897. The van der Waals surface area contributed by atoms with Crippen molar-refractivity contribution in [1.82, 2.24) is 4.90 Å². The number of halogens is 1. The van der Waals surface area contributed by atoms with Gasteiger partial charge in [0.05, 0.1) is 11.0 Å². The van der Waals surface area contributed by atoms with Crippen molar-refractivity contribution in [2.45, 2.75) is 31.9 Å². The van der Waals surface area contributed by atoms with Crippen molar-refractivity contribution in [2.24, 2.45) is 5.92 Å². The summed E-state index contributed by atoms with van der Waals surface area (Å²) >= 11 is 1.33. The summed E-state index contributed by atoms with van der Waals surface area (Å²) in [5.41, 5.74) is 0.556. The van der Waals surface area contributed by atoms with E-state index in [0.29, 0.717) is 11.6 Å². The Hall–Kier alpha value is -1.56. The molecule has 1 aliphatic heterocycles. The van der Waals surface area contributed by atoms with Gasteiger partial charge in [0.2, 0.25) is 11.8 Å². The molecule has 1 aliphatic rings. The molecule has 2 amide bonds. The molecule has 0 spiro atoms. The topological polar surface area (TPSA) is 49.4 Å². The molecule has 2 rings (SSSR count). The van der Waals surface area contributed by atoms with Gasteiger partial charge in [-0.3, -0.25) is 9.59 Å². The number of carbonyl (C=O) groups excluding carboxylic acids is 2. The van der Waals surface area contributed by atoms with Crippen molar-refractivity contribution in [2.75, 3.05) is 24.2 Å². The van der Waals surface area contributed by atoms with Crippen molar-refractivity contribution in [3.05, 3.63) is 30.1 Å². The van der Waals surface area contributed by atoms with Gasteiger partial charge in [-0.05, 0) is 49.9 Å². The molecule has 0 bridgehead atoms. The van der Waals surface area contributed by atoms with Crippen LogP contribution in [0.15, 0.2) is 24.3 Å². The van der Waals surface area contributed by atoms with Gasteiger partial charge in [0.25, 0.3) is 0 Å². The first kappa shape index (κ1) is 17.8. The Morgan fingerprint density at radius 1 is 1.30 bits per heavy atom. The summed E-state index contributed by atoms with van der Waals surface area (Å²) < 4.78 is 12.8. The van der Waals surface area contributed by atoms with Crippen molar-refractivity contribution < 1.29 is 14.0 Å². The molecular formula is C17H23FN2O2S. The van der Waals surface area contributed by atoms with Crippen molar-refractivity contribution in [3.8, 4) is 0 Å². The highest BCUT2D eigenvalue weighted by atomic mass is 32.2. The van der Waals surface area contributed by atoms with Crippen LogP contribution in [0.2, 0.25) is 0 Å². The molecule has 0 aliphatic carbocycles. The van der Waals surface area contributed by atoms with Crippen LogP contribution in [0.1, 0.15) is 26.7 Å². The fourth-order valence-corrected chi connectivity index (χ4v) is 3.25. The summed E-state index contributed by atoms with van der Waals surface area (Å²) in [7, 11) is 0. The number of hydrogen-bond donors (Lipinski definition) is 1. The lowest BCUT2D eigenvalue weighted by Crippen LogP contribution is -2.42. The second-order valence-corrected chi connectivity index (χ2v) is 7.35. The number of rotatable bonds is 5. The highest BCUT2D eigenvalue weighted by Gasteiger charge is 2.25. The predicted molar refractivity (Wildman–Crippen MR) is 91.9 cm³/mol. The zero-order valence-corrected chi connectivity index (χ0v) is 14.4. The van der Waals surface area contributed by atoms with E-state index in [4.69, 9.17) is 0 Å². The van der Waals surface area contributed by atoms with Crippen LogP contribution >= 0.6 is 11.8 Å². The van der Waals surface area contributed by atoms with Crippen LogP contribution in [0.3, 0.4) is 0 Å². The Balaban J connectivity index is 1.74. The molecule has 1 aromatic rings. The number of carbonyl (C=O) groups is 2. The first-order valence-electron chi connectivity index (χ1n) is 7.91. The summed E-state index contributed by atoms with van der Waals surface area (Å²) in [4.78, 5) is 26.1. The van der Waals surface area contributed by atoms with Crippen LogP contribution in [-0.2, 0) is 9.59 Å². The first-order valence-corrected chi connectivity index (χ1v) is 8.96. The maximum absolute atomic E-state index is 12.8. The maximum atomic E-state index is 12.8. The number of amides is 2. The van der Waals surface area contributed by atoms with Crippen LogP contribution in [0.5, 0.6) is 0 Å². The fourth-order valence-electron chi connectivity index (χ4n) is 2.49. The molecule has 1 atom stereocenters. The molecule has 0 radical (unpaired) electrons. The third-order valence-electron chi connectivity index (χ3n) is 4.04. The minimum absolute atomic E-state index is 0.108. The fraction of sp³-hybridized carbons (Fsp3) is 0.529. The molecule has 23 heavy (non-hydrogen) atoms. The monoisotopic (exact) mass is 338 g/mol. The van der Waals surface area contributed by atoms with Gasteiger partial charge in [-0.1, -0.05) is 6.92 Å². The Bertz CT molecular complexity index is 542. The second kappa shape index (κ2) is 8.34. The molecule has 1 N–H and O–H groups in total. The summed E-state index contributed by atoms with van der Waals surface area (Å²) in [5, 5.41) is 2.46. The van der Waals surface area contributed by atoms with Gasteiger partial charge < -0.3 is 10.2 Å². The summed E-state index contributed by atoms with van der Waals surface area (Å²) in [6.45, 7) is 5.68. The minimum atomic E-state index is -0.340. The number of piperidine rings is 1. The molecule has 0 saturated carbocycles. The van der Waals surface area contributed by atoms with Crippen LogP contribution in [-0.4, -0.2) is 40.8 Å². The van der Waals surface area contributed by atoms with Crippen LogP contribution in [0, 0.1) is 11.7 Å². The van der Waals surface area contributed by atoms with E-state index in [1.165, 1.54) is 36.0 Å². The van der Waals surface area contributed by atoms with E-state index in [1.54, 1.807) is 0 Å². The number of benzene rings is 1. The number of thioether (sulfide) groups is 1. The van der Waals surface area contributed by atoms with Gasteiger partial charge >= 0.3 is 0 Å². The highest BCUT2D eigenvalue weighted by molar-refractivity contribution is 8.01. The number of hydrogen-bond acceptors (Lipinski definition) is 3. The van der Waals surface area contributed by atoms with Crippen molar-refractivity contribution in [1.29, 1.82) is 0 Å². The lowest BCUT2D eigenvalue weighted by atomic mass is 9.99. The number of nitrogens with zero attached hydrogens (tertiary/aromatic N) is 1. The van der Waals surface area contributed by atoms with E-state index < -0.39 is 0 Å². The molecule has 6 heteroatoms. The molecule has 126 valence electrons. The maximum Gasteiger partial charge on any atom is 0.235 e. The molecule has 1 saturated heterocycles. The number of likely N-dealkylation sites (tertiary alicyclic amines) is 1. The Kier molecular flexibility index (Phi) is 6.45.